The zero-order valence-electron chi connectivity index (χ0n) is 21.5. The lowest BCUT2D eigenvalue weighted by atomic mass is 9.89. The zero-order valence-corrected chi connectivity index (χ0v) is 23.8. The van der Waals surface area contributed by atoms with E-state index >= 15 is 0 Å². The first-order valence-corrected chi connectivity index (χ1v) is 14.7. The van der Waals surface area contributed by atoms with Gasteiger partial charge < -0.3 is 19.8 Å². The standard InChI is InChI=1S/C27H35Cl2NO6S/c1-5-21(16-37(34,35)27(2,3)4)30-24(17-9-11-19(28)12-10-17)25(18-7-6-8-20(29)13-18)36-23(26(30)33)14-22(32)15-31/h6-13,21-25,31-32H,5,14-16H2,1-4H3. The Hall–Kier alpha value is -1.68. The number of carbonyl (C=O) groups excluding carboxylic acids is 1. The van der Waals surface area contributed by atoms with Gasteiger partial charge in [-0.25, -0.2) is 8.42 Å². The summed E-state index contributed by atoms with van der Waals surface area (Å²) >= 11 is 12.5. The number of amides is 1. The Balaban J connectivity index is 2.20. The van der Waals surface area contributed by atoms with Crippen LogP contribution in [0.15, 0.2) is 48.5 Å². The van der Waals surface area contributed by atoms with Crippen molar-refractivity contribution in [3.8, 4) is 0 Å². The van der Waals surface area contributed by atoms with Gasteiger partial charge >= 0.3 is 0 Å². The van der Waals surface area contributed by atoms with Crippen LogP contribution in [0.25, 0.3) is 0 Å². The van der Waals surface area contributed by atoms with Gasteiger partial charge in [0.15, 0.2) is 9.84 Å². The lowest BCUT2D eigenvalue weighted by Crippen LogP contribution is -2.57. The number of halogens is 2. The molecule has 0 saturated carbocycles. The molecule has 0 spiro atoms. The third kappa shape index (κ3) is 6.85. The molecule has 1 heterocycles. The monoisotopic (exact) mass is 571 g/mol. The van der Waals surface area contributed by atoms with E-state index in [4.69, 9.17) is 27.9 Å². The number of nitrogens with zero attached hydrogens (tertiary/aromatic N) is 1. The first-order valence-electron chi connectivity index (χ1n) is 12.3. The van der Waals surface area contributed by atoms with Gasteiger partial charge in [0.2, 0.25) is 0 Å². The predicted octanol–water partition coefficient (Wildman–Crippen LogP) is 4.74. The molecule has 0 bridgehead atoms. The third-order valence-corrected chi connectivity index (χ3v) is 9.90. The lowest BCUT2D eigenvalue weighted by Gasteiger charge is -2.48. The molecular formula is C27H35Cl2NO6S. The van der Waals surface area contributed by atoms with Crippen LogP contribution in [0.2, 0.25) is 10.0 Å². The minimum Gasteiger partial charge on any atom is -0.394 e. The Labute approximate surface area is 229 Å². The highest BCUT2D eigenvalue weighted by Crippen LogP contribution is 2.45. The molecule has 1 aliphatic rings. The highest BCUT2D eigenvalue weighted by molar-refractivity contribution is 7.92. The summed E-state index contributed by atoms with van der Waals surface area (Å²) in [6.45, 7) is 6.23. The maximum Gasteiger partial charge on any atom is 0.252 e. The number of aliphatic hydroxyl groups excluding tert-OH is 2. The van der Waals surface area contributed by atoms with Crippen molar-refractivity contribution in [2.75, 3.05) is 12.4 Å². The third-order valence-electron chi connectivity index (χ3n) is 6.72. The van der Waals surface area contributed by atoms with Gasteiger partial charge in [-0.15, -0.1) is 0 Å². The van der Waals surface area contributed by atoms with E-state index in [0.29, 0.717) is 22.0 Å². The van der Waals surface area contributed by atoms with Crippen LogP contribution in [0.4, 0.5) is 0 Å². The summed E-state index contributed by atoms with van der Waals surface area (Å²) < 4.78 is 31.9. The lowest BCUT2D eigenvalue weighted by molar-refractivity contribution is -0.182. The fourth-order valence-electron chi connectivity index (χ4n) is 4.48. The molecule has 2 aromatic carbocycles. The van der Waals surface area contributed by atoms with Crippen LogP contribution in [0, 0.1) is 0 Å². The Bertz CT molecular complexity index is 1180. The SMILES string of the molecule is CCC(CS(=O)(=O)C(C)(C)C)N1C(=O)C(CC(O)CO)OC(c2cccc(Cl)c2)C1c1ccc(Cl)cc1. The quantitative estimate of drug-likeness (QED) is 0.450. The van der Waals surface area contributed by atoms with Crippen LogP contribution in [-0.2, 0) is 19.4 Å². The van der Waals surface area contributed by atoms with Crippen LogP contribution < -0.4 is 0 Å². The van der Waals surface area contributed by atoms with E-state index < -0.39 is 57.5 Å². The van der Waals surface area contributed by atoms with Crippen LogP contribution in [0.5, 0.6) is 0 Å². The molecule has 3 rings (SSSR count). The van der Waals surface area contributed by atoms with E-state index in [1.807, 2.05) is 13.0 Å². The Kier molecular flexibility index (Phi) is 9.70. The number of aliphatic hydroxyl groups is 2. The molecular weight excluding hydrogens is 537 g/mol. The summed E-state index contributed by atoms with van der Waals surface area (Å²) in [6.07, 6.45) is -2.76. The second-order valence-electron chi connectivity index (χ2n) is 10.4. The number of hydrogen-bond acceptors (Lipinski definition) is 6. The Morgan fingerprint density at radius 3 is 2.24 bits per heavy atom. The normalized spacial score (nSPS) is 22.6. The summed E-state index contributed by atoms with van der Waals surface area (Å²) in [5.74, 6) is -0.679. The molecule has 5 atom stereocenters. The highest BCUT2D eigenvalue weighted by Gasteiger charge is 2.48. The second-order valence-corrected chi connectivity index (χ2v) is 14.0. The zero-order chi connectivity index (χ0) is 27.5. The van der Waals surface area contributed by atoms with Crippen molar-refractivity contribution in [1.29, 1.82) is 0 Å². The molecule has 0 aliphatic carbocycles. The van der Waals surface area contributed by atoms with Crippen LogP contribution >= 0.6 is 23.2 Å². The van der Waals surface area contributed by atoms with Crippen molar-refractivity contribution >= 4 is 38.9 Å². The van der Waals surface area contributed by atoms with E-state index in [-0.39, 0.29) is 12.2 Å². The molecule has 0 radical (unpaired) electrons. The summed E-state index contributed by atoms with van der Waals surface area (Å²) in [5, 5.41) is 20.6. The molecule has 2 aromatic rings. The summed E-state index contributed by atoms with van der Waals surface area (Å²) in [6, 6.07) is 12.7. The molecule has 2 N–H and O–H groups in total. The van der Waals surface area contributed by atoms with Gasteiger partial charge in [0.1, 0.15) is 12.2 Å². The molecule has 10 heteroatoms. The van der Waals surface area contributed by atoms with E-state index in [9.17, 15) is 23.4 Å². The summed E-state index contributed by atoms with van der Waals surface area (Å²) in [7, 11) is -3.59. The number of rotatable bonds is 9. The van der Waals surface area contributed by atoms with Gasteiger partial charge in [-0.3, -0.25) is 4.79 Å². The van der Waals surface area contributed by atoms with Crippen molar-refractivity contribution in [3.63, 3.8) is 0 Å². The fraction of sp³-hybridized carbons (Fsp3) is 0.519. The van der Waals surface area contributed by atoms with Gasteiger partial charge in [-0.2, -0.15) is 0 Å². The highest BCUT2D eigenvalue weighted by atomic mass is 35.5. The van der Waals surface area contributed by atoms with Gasteiger partial charge in [0.25, 0.3) is 5.91 Å². The average molecular weight is 573 g/mol. The van der Waals surface area contributed by atoms with Gasteiger partial charge in [0, 0.05) is 22.5 Å². The number of morpholine rings is 1. The van der Waals surface area contributed by atoms with Crippen LogP contribution in [-0.4, -0.2) is 64.8 Å². The molecule has 0 aromatic heterocycles. The molecule has 1 fully saturated rings. The molecule has 5 unspecified atom stereocenters. The van der Waals surface area contributed by atoms with Crippen molar-refractivity contribution < 1.29 is 28.2 Å². The first kappa shape index (κ1) is 29.9. The van der Waals surface area contributed by atoms with Gasteiger partial charge in [-0.1, -0.05) is 54.4 Å². The van der Waals surface area contributed by atoms with Gasteiger partial charge in [-0.05, 0) is 62.6 Å². The first-order chi connectivity index (χ1) is 17.3. The summed E-state index contributed by atoms with van der Waals surface area (Å²) in [4.78, 5) is 15.6. The molecule has 7 nitrogen and oxygen atoms in total. The number of ether oxygens (including phenoxy) is 1. The van der Waals surface area contributed by atoms with E-state index in [1.165, 1.54) is 0 Å². The molecule has 204 valence electrons. The number of benzene rings is 2. The van der Waals surface area contributed by atoms with Crippen molar-refractivity contribution in [1.82, 2.24) is 4.90 Å². The minimum absolute atomic E-state index is 0.140. The molecule has 1 saturated heterocycles. The van der Waals surface area contributed by atoms with Gasteiger partial charge in [0.05, 0.1) is 29.3 Å². The maximum atomic E-state index is 14.0. The second kappa shape index (κ2) is 12.0. The minimum atomic E-state index is -3.59. The fourth-order valence-corrected chi connectivity index (χ4v) is 6.21. The van der Waals surface area contributed by atoms with E-state index in [0.717, 1.165) is 5.56 Å². The topological polar surface area (TPSA) is 104 Å². The maximum absolute atomic E-state index is 14.0. The van der Waals surface area contributed by atoms with E-state index in [2.05, 4.69) is 0 Å². The predicted molar refractivity (Wildman–Crippen MR) is 145 cm³/mol. The Morgan fingerprint density at radius 1 is 1.05 bits per heavy atom. The van der Waals surface area contributed by atoms with Crippen molar-refractivity contribution in [2.24, 2.45) is 0 Å². The summed E-state index contributed by atoms with van der Waals surface area (Å²) in [5.41, 5.74) is 1.41. The van der Waals surface area contributed by atoms with Crippen molar-refractivity contribution in [2.45, 2.75) is 75.7 Å². The van der Waals surface area contributed by atoms with Crippen LogP contribution in [0.3, 0.4) is 0 Å². The number of hydrogen-bond donors (Lipinski definition) is 2. The smallest absolute Gasteiger partial charge is 0.252 e. The van der Waals surface area contributed by atoms with E-state index in [1.54, 1.807) is 68.1 Å². The average Bonchev–Trinajstić information content (AvgIpc) is 2.83. The van der Waals surface area contributed by atoms with Crippen molar-refractivity contribution in [3.05, 3.63) is 69.7 Å². The molecule has 37 heavy (non-hydrogen) atoms. The number of sulfone groups is 1. The Morgan fingerprint density at radius 2 is 1.70 bits per heavy atom. The molecule has 1 aliphatic heterocycles. The molecule has 1 amide bonds. The number of carbonyl (C=O) groups is 1. The van der Waals surface area contributed by atoms with Crippen LogP contribution in [0.1, 0.15) is 63.8 Å². The largest absolute Gasteiger partial charge is 0.394 e.